The van der Waals surface area contributed by atoms with Gasteiger partial charge in [0.1, 0.15) is 11.9 Å². The second-order valence-electron chi connectivity index (χ2n) is 9.34. The molecule has 2 aromatic carbocycles. The van der Waals surface area contributed by atoms with Gasteiger partial charge in [-0.25, -0.2) is 12.8 Å². The van der Waals surface area contributed by atoms with Crippen LogP contribution in [0.5, 0.6) is 0 Å². The van der Waals surface area contributed by atoms with Gasteiger partial charge in [-0.05, 0) is 55.5 Å². The molecule has 0 aliphatic heterocycles. The fraction of sp³-hybridized carbons (Fsp3) is 0.481. The van der Waals surface area contributed by atoms with Crippen LogP contribution in [0.4, 0.5) is 10.1 Å². The summed E-state index contributed by atoms with van der Waals surface area (Å²) in [5, 5.41) is 3.10. The summed E-state index contributed by atoms with van der Waals surface area (Å²) in [6.07, 6.45) is 5.99. The Balaban J connectivity index is 1.74. The zero-order chi connectivity index (χ0) is 26.1. The Labute approximate surface area is 213 Å². The Bertz CT molecular complexity index is 1100. The maximum absolute atomic E-state index is 13.4. The lowest BCUT2D eigenvalue weighted by atomic mass is 10.1. The summed E-state index contributed by atoms with van der Waals surface area (Å²) in [4.78, 5) is 28.1. The molecule has 196 valence electrons. The summed E-state index contributed by atoms with van der Waals surface area (Å²) >= 11 is 0. The molecule has 3 rings (SSSR count). The van der Waals surface area contributed by atoms with Crippen molar-refractivity contribution in [3.05, 3.63) is 66.0 Å². The molecule has 1 aliphatic carbocycles. The van der Waals surface area contributed by atoms with Crippen molar-refractivity contribution in [1.29, 1.82) is 0 Å². The first kappa shape index (κ1) is 27.6. The number of halogens is 1. The zero-order valence-corrected chi connectivity index (χ0v) is 21.8. The molecule has 2 amide bonds. The van der Waals surface area contributed by atoms with E-state index in [1.54, 1.807) is 41.3 Å². The molecule has 0 bridgehead atoms. The number of anilines is 1. The van der Waals surface area contributed by atoms with Gasteiger partial charge < -0.3 is 10.2 Å². The van der Waals surface area contributed by atoms with Gasteiger partial charge in [0.05, 0.1) is 11.9 Å². The van der Waals surface area contributed by atoms with Crippen molar-refractivity contribution in [3.8, 4) is 0 Å². The van der Waals surface area contributed by atoms with Crippen LogP contribution in [0, 0.1) is 5.82 Å². The number of nitrogens with zero attached hydrogens (tertiary/aromatic N) is 2. The van der Waals surface area contributed by atoms with E-state index < -0.39 is 16.1 Å². The highest BCUT2D eigenvalue weighted by Crippen LogP contribution is 2.21. The van der Waals surface area contributed by atoms with Gasteiger partial charge >= 0.3 is 0 Å². The first-order chi connectivity index (χ1) is 17.2. The highest BCUT2D eigenvalue weighted by molar-refractivity contribution is 7.92. The third-order valence-corrected chi connectivity index (χ3v) is 7.74. The molecule has 1 saturated carbocycles. The van der Waals surface area contributed by atoms with Gasteiger partial charge in [0.15, 0.2) is 0 Å². The van der Waals surface area contributed by atoms with E-state index in [4.69, 9.17) is 0 Å². The Morgan fingerprint density at radius 3 is 2.28 bits per heavy atom. The molecule has 1 fully saturated rings. The van der Waals surface area contributed by atoms with Gasteiger partial charge in [0, 0.05) is 25.6 Å². The van der Waals surface area contributed by atoms with Gasteiger partial charge in [0.25, 0.3) is 0 Å². The number of hydrogen-bond acceptors (Lipinski definition) is 4. The monoisotopic (exact) mass is 517 g/mol. The van der Waals surface area contributed by atoms with E-state index in [2.05, 4.69) is 5.32 Å². The fourth-order valence-corrected chi connectivity index (χ4v) is 5.64. The van der Waals surface area contributed by atoms with E-state index in [0.29, 0.717) is 18.5 Å². The first-order valence-electron chi connectivity index (χ1n) is 12.6. The second kappa shape index (κ2) is 12.9. The van der Waals surface area contributed by atoms with Crippen molar-refractivity contribution in [1.82, 2.24) is 10.2 Å². The van der Waals surface area contributed by atoms with Crippen LogP contribution >= 0.6 is 0 Å². The summed E-state index contributed by atoms with van der Waals surface area (Å²) in [5.74, 6) is -0.791. The van der Waals surface area contributed by atoms with Crippen molar-refractivity contribution in [2.45, 2.75) is 70.5 Å². The van der Waals surface area contributed by atoms with E-state index in [1.165, 1.54) is 16.4 Å². The molecule has 0 saturated heterocycles. The highest BCUT2D eigenvalue weighted by atomic mass is 32.2. The Hall–Kier alpha value is -2.94. The number of nitrogens with one attached hydrogen (secondary N) is 1. The number of amides is 2. The average Bonchev–Trinajstić information content (AvgIpc) is 3.35. The highest BCUT2D eigenvalue weighted by Gasteiger charge is 2.30. The fourth-order valence-electron chi connectivity index (χ4n) is 4.67. The van der Waals surface area contributed by atoms with Crippen molar-refractivity contribution in [2.24, 2.45) is 0 Å². The maximum Gasteiger partial charge on any atom is 0.243 e. The molecule has 36 heavy (non-hydrogen) atoms. The second-order valence-corrected chi connectivity index (χ2v) is 11.2. The number of sulfonamides is 1. The average molecular weight is 518 g/mol. The number of rotatable bonds is 12. The summed E-state index contributed by atoms with van der Waals surface area (Å²) in [6, 6.07) is 14.1. The standard InChI is InChI=1S/C27H36FN3O4S/c1-3-25(27(33)29-23-10-7-8-11-23)30(20-21-15-17-22(28)18-16-21)26(32)14-9-19-31(36(2,34)35)24-12-5-4-6-13-24/h4-6,12-13,15-18,23,25H,3,7-11,14,19-20H2,1-2H3,(H,29,33)/t25-/m1/s1. The van der Waals surface area contributed by atoms with Gasteiger partial charge in [-0.3, -0.25) is 13.9 Å². The third kappa shape index (κ3) is 7.78. The summed E-state index contributed by atoms with van der Waals surface area (Å²) in [5.41, 5.74) is 1.26. The van der Waals surface area contributed by atoms with Crippen molar-refractivity contribution in [3.63, 3.8) is 0 Å². The molecule has 0 spiro atoms. The molecule has 2 aromatic rings. The van der Waals surface area contributed by atoms with Crippen LogP contribution in [0.3, 0.4) is 0 Å². The molecular weight excluding hydrogens is 481 g/mol. The number of benzene rings is 2. The Morgan fingerprint density at radius 2 is 1.69 bits per heavy atom. The lowest BCUT2D eigenvalue weighted by Crippen LogP contribution is -2.51. The van der Waals surface area contributed by atoms with Gasteiger partial charge in [-0.15, -0.1) is 0 Å². The zero-order valence-electron chi connectivity index (χ0n) is 21.0. The minimum atomic E-state index is -3.53. The van der Waals surface area contributed by atoms with E-state index in [0.717, 1.165) is 37.5 Å². The van der Waals surface area contributed by atoms with E-state index in [-0.39, 0.29) is 43.2 Å². The van der Waals surface area contributed by atoms with Crippen molar-refractivity contribution >= 4 is 27.5 Å². The predicted molar refractivity (Wildman–Crippen MR) is 139 cm³/mol. The third-order valence-electron chi connectivity index (χ3n) is 6.55. The Kier molecular flexibility index (Phi) is 9.87. The van der Waals surface area contributed by atoms with Gasteiger partial charge in [-0.1, -0.05) is 50.1 Å². The molecule has 0 heterocycles. The van der Waals surface area contributed by atoms with Crippen LogP contribution in [0.25, 0.3) is 0 Å². The van der Waals surface area contributed by atoms with Crippen LogP contribution in [0.1, 0.15) is 57.4 Å². The molecule has 9 heteroatoms. The molecular formula is C27H36FN3O4S. The number of hydrogen-bond donors (Lipinski definition) is 1. The lowest BCUT2D eigenvalue weighted by Gasteiger charge is -2.32. The van der Waals surface area contributed by atoms with E-state index in [1.807, 2.05) is 13.0 Å². The molecule has 0 unspecified atom stereocenters. The van der Waals surface area contributed by atoms with E-state index in [9.17, 15) is 22.4 Å². The first-order valence-corrected chi connectivity index (χ1v) is 14.4. The molecule has 0 aromatic heterocycles. The number of carbonyl (C=O) groups excluding carboxylic acids is 2. The smallest absolute Gasteiger partial charge is 0.243 e. The van der Waals surface area contributed by atoms with Crippen molar-refractivity contribution in [2.75, 3.05) is 17.1 Å². The molecule has 1 N–H and O–H groups in total. The maximum atomic E-state index is 13.4. The normalized spacial score (nSPS) is 14.9. The minimum absolute atomic E-state index is 0.0766. The van der Waals surface area contributed by atoms with Crippen LogP contribution in [-0.2, 0) is 26.2 Å². The summed E-state index contributed by atoms with van der Waals surface area (Å²) < 4.78 is 39.5. The van der Waals surface area contributed by atoms with Crippen molar-refractivity contribution < 1.29 is 22.4 Å². The van der Waals surface area contributed by atoms with Crippen LogP contribution in [0.15, 0.2) is 54.6 Å². The van der Waals surface area contributed by atoms with Gasteiger partial charge in [-0.2, -0.15) is 0 Å². The quantitative estimate of drug-likeness (QED) is 0.456. The lowest BCUT2D eigenvalue weighted by molar-refractivity contribution is -0.141. The van der Waals surface area contributed by atoms with E-state index >= 15 is 0 Å². The molecule has 7 nitrogen and oxygen atoms in total. The molecule has 1 atom stereocenters. The molecule has 0 radical (unpaired) electrons. The summed E-state index contributed by atoms with van der Waals surface area (Å²) in [6.45, 7) is 2.18. The van der Waals surface area contributed by atoms with Crippen LogP contribution in [0.2, 0.25) is 0 Å². The molecule has 1 aliphatic rings. The van der Waals surface area contributed by atoms with Gasteiger partial charge in [0.2, 0.25) is 21.8 Å². The largest absolute Gasteiger partial charge is 0.352 e. The Morgan fingerprint density at radius 1 is 1.06 bits per heavy atom. The minimum Gasteiger partial charge on any atom is -0.352 e. The SMILES string of the molecule is CC[C@H](C(=O)NC1CCCC1)N(Cc1ccc(F)cc1)C(=O)CCCN(c1ccccc1)S(C)(=O)=O. The topological polar surface area (TPSA) is 86.8 Å². The number of para-hydroxylation sites is 1. The number of carbonyl (C=O) groups is 2. The van der Waals surface area contributed by atoms with Crippen LogP contribution in [-0.4, -0.2) is 50.0 Å². The van der Waals surface area contributed by atoms with Crippen LogP contribution < -0.4 is 9.62 Å². The predicted octanol–water partition coefficient (Wildman–Crippen LogP) is 4.24. The summed E-state index contributed by atoms with van der Waals surface area (Å²) in [7, 11) is -3.53.